The monoisotopic (exact) mass is 254 g/mol. The molecule has 1 rings (SSSR count). The van der Waals surface area contributed by atoms with Crippen LogP contribution in [0.25, 0.3) is 0 Å². The molecule has 1 aromatic rings. The Bertz CT molecular complexity index is 391. The molecule has 0 aromatic heterocycles. The van der Waals surface area contributed by atoms with Gasteiger partial charge < -0.3 is 11.1 Å². The largest absolute Gasteiger partial charge is 0.354 e. The van der Waals surface area contributed by atoms with Gasteiger partial charge in [0.25, 0.3) is 0 Å². The number of hydrogen-bond acceptors (Lipinski definition) is 2. The first-order valence-corrected chi connectivity index (χ1v) is 6.15. The maximum atomic E-state index is 11.7. The average molecular weight is 255 g/mol. The summed E-state index contributed by atoms with van der Waals surface area (Å²) < 4.78 is 0. The van der Waals surface area contributed by atoms with Crippen LogP contribution in [0.3, 0.4) is 0 Å². The third-order valence-electron chi connectivity index (χ3n) is 2.84. The van der Waals surface area contributed by atoms with Gasteiger partial charge in [0.1, 0.15) is 0 Å². The Hall–Kier alpha value is -1.06. The Morgan fingerprint density at radius 3 is 2.82 bits per heavy atom. The van der Waals surface area contributed by atoms with Gasteiger partial charge in [-0.2, -0.15) is 0 Å². The van der Waals surface area contributed by atoms with E-state index in [0.29, 0.717) is 18.0 Å². The van der Waals surface area contributed by atoms with E-state index in [1.807, 2.05) is 31.2 Å². The molecule has 0 aliphatic rings. The molecule has 0 spiro atoms. The first-order valence-electron chi connectivity index (χ1n) is 5.77. The minimum atomic E-state index is -0.783. The van der Waals surface area contributed by atoms with Crippen molar-refractivity contribution in [3.8, 4) is 0 Å². The van der Waals surface area contributed by atoms with Crippen molar-refractivity contribution in [2.75, 3.05) is 6.54 Å². The van der Waals surface area contributed by atoms with E-state index >= 15 is 0 Å². The summed E-state index contributed by atoms with van der Waals surface area (Å²) in [4.78, 5) is 11.7. The summed E-state index contributed by atoms with van der Waals surface area (Å²) >= 11 is 5.87. The number of hydrogen-bond donors (Lipinski definition) is 2. The molecule has 0 heterocycles. The van der Waals surface area contributed by atoms with Crippen molar-refractivity contribution < 1.29 is 4.79 Å². The number of benzene rings is 1. The molecule has 17 heavy (non-hydrogen) atoms. The zero-order valence-electron chi connectivity index (χ0n) is 10.3. The molecule has 0 aliphatic heterocycles. The number of nitrogens with two attached hydrogens (primary N) is 1. The minimum absolute atomic E-state index is 0.109. The summed E-state index contributed by atoms with van der Waals surface area (Å²) in [6.45, 7) is 4.21. The summed E-state index contributed by atoms with van der Waals surface area (Å²) in [6.07, 6.45) is 1.38. The molecule has 0 radical (unpaired) electrons. The van der Waals surface area contributed by atoms with E-state index in [2.05, 4.69) is 5.32 Å². The van der Waals surface area contributed by atoms with Crippen LogP contribution in [0.5, 0.6) is 0 Å². The van der Waals surface area contributed by atoms with Gasteiger partial charge in [-0.05, 0) is 37.5 Å². The first-order chi connectivity index (χ1) is 7.95. The van der Waals surface area contributed by atoms with Gasteiger partial charge in [-0.3, -0.25) is 4.79 Å². The highest BCUT2D eigenvalue weighted by molar-refractivity contribution is 6.30. The lowest BCUT2D eigenvalue weighted by Crippen LogP contribution is -2.51. The fraction of sp³-hybridized carbons (Fsp3) is 0.462. The molecular formula is C13H19ClN2O. The van der Waals surface area contributed by atoms with Crippen LogP contribution in [0.15, 0.2) is 24.3 Å². The zero-order valence-corrected chi connectivity index (χ0v) is 11.1. The van der Waals surface area contributed by atoms with Gasteiger partial charge in [-0.1, -0.05) is 30.7 Å². The van der Waals surface area contributed by atoms with E-state index < -0.39 is 5.54 Å². The number of carbonyl (C=O) groups is 1. The molecule has 0 saturated carbocycles. The summed E-state index contributed by atoms with van der Waals surface area (Å²) in [7, 11) is 0. The molecule has 3 nitrogen and oxygen atoms in total. The number of halogens is 1. The highest BCUT2D eigenvalue weighted by Gasteiger charge is 2.25. The van der Waals surface area contributed by atoms with Crippen molar-refractivity contribution in [2.24, 2.45) is 5.73 Å². The van der Waals surface area contributed by atoms with Gasteiger partial charge in [0.05, 0.1) is 5.54 Å². The second-order valence-electron chi connectivity index (χ2n) is 4.41. The molecule has 1 aromatic carbocycles. The van der Waals surface area contributed by atoms with E-state index in [0.717, 1.165) is 12.0 Å². The predicted octanol–water partition coefficient (Wildman–Crippen LogP) is 2.13. The molecule has 0 saturated heterocycles. The predicted molar refractivity (Wildman–Crippen MR) is 71.0 cm³/mol. The Labute approximate surface area is 107 Å². The van der Waals surface area contributed by atoms with Crippen LogP contribution >= 0.6 is 11.6 Å². The van der Waals surface area contributed by atoms with Crippen LogP contribution < -0.4 is 11.1 Å². The van der Waals surface area contributed by atoms with Gasteiger partial charge in [0.2, 0.25) is 5.91 Å². The fourth-order valence-electron chi connectivity index (χ4n) is 1.38. The van der Waals surface area contributed by atoms with E-state index in [1.54, 1.807) is 6.92 Å². The number of amides is 1. The van der Waals surface area contributed by atoms with Crippen molar-refractivity contribution in [2.45, 2.75) is 32.2 Å². The highest BCUT2D eigenvalue weighted by atomic mass is 35.5. The number of nitrogens with one attached hydrogen (secondary N) is 1. The third-order valence-corrected chi connectivity index (χ3v) is 3.08. The Morgan fingerprint density at radius 1 is 1.53 bits per heavy atom. The van der Waals surface area contributed by atoms with E-state index in [-0.39, 0.29) is 5.91 Å². The maximum Gasteiger partial charge on any atom is 0.239 e. The van der Waals surface area contributed by atoms with Crippen molar-refractivity contribution in [1.82, 2.24) is 5.32 Å². The SMILES string of the molecule is CCC(C)(N)C(=O)NCCc1cccc(Cl)c1. The van der Waals surface area contributed by atoms with Crippen LogP contribution in [0.2, 0.25) is 5.02 Å². The first kappa shape index (κ1) is 14.0. The third kappa shape index (κ3) is 4.36. The van der Waals surface area contributed by atoms with E-state index in [9.17, 15) is 4.79 Å². The highest BCUT2D eigenvalue weighted by Crippen LogP contribution is 2.11. The van der Waals surface area contributed by atoms with Crippen LogP contribution in [0, 0.1) is 0 Å². The lowest BCUT2D eigenvalue weighted by molar-refractivity contribution is -0.125. The topological polar surface area (TPSA) is 55.1 Å². The molecule has 1 atom stereocenters. The van der Waals surface area contributed by atoms with E-state index in [1.165, 1.54) is 0 Å². The second-order valence-corrected chi connectivity index (χ2v) is 4.84. The molecule has 0 bridgehead atoms. The van der Waals surface area contributed by atoms with Crippen LogP contribution in [-0.2, 0) is 11.2 Å². The van der Waals surface area contributed by atoms with Crippen molar-refractivity contribution in [3.05, 3.63) is 34.9 Å². The molecule has 3 N–H and O–H groups in total. The summed E-state index contributed by atoms with van der Waals surface area (Å²) in [5.41, 5.74) is 6.15. The minimum Gasteiger partial charge on any atom is -0.354 e. The summed E-state index contributed by atoms with van der Waals surface area (Å²) in [5, 5.41) is 3.55. The molecule has 0 aliphatic carbocycles. The molecule has 0 fully saturated rings. The van der Waals surface area contributed by atoms with E-state index in [4.69, 9.17) is 17.3 Å². The molecule has 1 amide bonds. The Balaban J connectivity index is 2.41. The van der Waals surface area contributed by atoms with Gasteiger partial charge in [0, 0.05) is 11.6 Å². The maximum absolute atomic E-state index is 11.7. The average Bonchev–Trinajstić information content (AvgIpc) is 2.29. The van der Waals surface area contributed by atoms with Gasteiger partial charge in [0.15, 0.2) is 0 Å². The Morgan fingerprint density at radius 2 is 2.24 bits per heavy atom. The van der Waals surface area contributed by atoms with Gasteiger partial charge in [-0.15, -0.1) is 0 Å². The van der Waals surface area contributed by atoms with Crippen molar-refractivity contribution in [3.63, 3.8) is 0 Å². The fourth-order valence-corrected chi connectivity index (χ4v) is 1.59. The Kier molecular flexibility index (Phi) is 4.97. The number of rotatable bonds is 5. The molecule has 94 valence electrons. The lowest BCUT2D eigenvalue weighted by atomic mass is 9.99. The van der Waals surface area contributed by atoms with Crippen LogP contribution in [0.4, 0.5) is 0 Å². The molecule has 1 unspecified atom stereocenters. The molecular weight excluding hydrogens is 236 g/mol. The van der Waals surface area contributed by atoms with Crippen molar-refractivity contribution in [1.29, 1.82) is 0 Å². The number of carbonyl (C=O) groups excluding carboxylic acids is 1. The van der Waals surface area contributed by atoms with Gasteiger partial charge >= 0.3 is 0 Å². The zero-order chi connectivity index (χ0) is 12.9. The van der Waals surface area contributed by atoms with Crippen LogP contribution in [-0.4, -0.2) is 18.0 Å². The van der Waals surface area contributed by atoms with Crippen molar-refractivity contribution >= 4 is 17.5 Å². The second kappa shape index (κ2) is 6.03. The lowest BCUT2D eigenvalue weighted by Gasteiger charge is -2.21. The quantitative estimate of drug-likeness (QED) is 0.846. The normalized spacial score (nSPS) is 14.1. The van der Waals surface area contributed by atoms with Crippen LogP contribution in [0.1, 0.15) is 25.8 Å². The summed E-state index contributed by atoms with van der Waals surface area (Å²) in [5.74, 6) is -0.109. The standard InChI is InChI=1S/C13H19ClN2O/c1-3-13(2,15)12(17)16-8-7-10-5-4-6-11(14)9-10/h4-6,9H,3,7-8,15H2,1-2H3,(H,16,17). The van der Waals surface area contributed by atoms with Gasteiger partial charge in [-0.25, -0.2) is 0 Å². The summed E-state index contributed by atoms with van der Waals surface area (Å²) in [6, 6.07) is 7.62. The molecule has 4 heteroatoms. The smallest absolute Gasteiger partial charge is 0.239 e.